The van der Waals surface area contributed by atoms with Gasteiger partial charge in [-0.25, -0.2) is 18.4 Å². The molecule has 0 fully saturated rings. The van der Waals surface area contributed by atoms with Crippen molar-refractivity contribution in [3.63, 3.8) is 0 Å². The van der Waals surface area contributed by atoms with Crippen LogP contribution in [0.1, 0.15) is 24.0 Å². The van der Waals surface area contributed by atoms with Gasteiger partial charge in [0.15, 0.2) is 0 Å². The topological polar surface area (TPSA) is 101 Å². The zero-order valence-electron chi connectivity index (χ0n) is 19.3. The SMILES string of the molecule is CCOC(=O)C1=c2s/c(=C\c3c(F)cccc3Cl)c(=O)n2C(N)=C(C(=O)OC)C1c1c(F)cccc1Cl. The van der Waals surface area contributed by atoms with Gasteiger partial charge in [-0.15, -0.1) is 11.3 Å². The Bertz CT molecular complexity index is 1620. The summed E-state index contributed by atoms with van der Waals surface area (Å²) in [5.74, 6) is -5.34. The van der Waals surface area contributed by atoms with Crippen LogP contribution in [0.3, 0.4) is 0 Å². The predicted molar refractivity (Wildman–Crippen MR) is 136 cm³/mol. The predicted octanol–water partition coefficient (Wildman–Crippen LogP) is 3.14. The monoisotopic (exact) mass is 566 g/mol. The Balaban J connectivity index is 2.21. The molecule has 2 heterocycles. The van der Waals surface area contributed by atoms with Crippen molar-refractivity contribution in [1.82, 2.24) is 4.57 Å². The van der Waals surface area contributed by atoms with Gasteiger partial charge in [0.2, 0.25) is 0 Å². The first-order valence-corrected chi connectivity index (χ1v) is 12.3. The van der Waals surface area contributed by atoms with E-state index in [4.69, 9.17) is 38.4 Å². The number of benzene rings is 2. The second-order valence-corrected chi connectivity index (χ2v) is 9.53. The number of aromatic nitrogens is 1. The van der Waals surface area contributed by atoms with E-state index < -0.39 is 40.9 Å². The fourth-order valence-corrected chi connectivity index (χ4v) is 5.66. The second kappa shape index (κ2) is 10.5. The van der Waals surface area contributed by atoms with Crippen LogP contribution in [0.4, 0.5) is 8.78 Å². The summed E-state index contributed by atoms with van der Waals surface area (Å²) < 4.78 is 40.5. The van der Waals surface area contributed by atoms with Gasteiger partial charge >= 0.3 is 11.9 Å². The fourth-order valence-electron chi connectivity index (χ4n) is 4.02. The van der Waals surface area contributed by atoms with E-state index in [0.717, 1.165) is 29.1 Å². The van der Waals surface area contributed by atoms with E-state index in [0.29, 0.717) is 0 Å². The van der Waals surface area contributed by atoms with Gasteiger partial charge in [-0.1, -0.05) is 35.3 Å². The second-order valence-electron chi connectivity index (χ2n) is 7.68. The van der Waals surface area contributed by atoms with E-state index in [1.165, 1.54) is 36.4 Å². The first-order chi connectivity index (χ1) is 17.6. The molecule has 1 aromatic heterocycles. The van der Waals surface area contributed by atoms with Crippen molar-refractivity contribution < 1.29 is 27.8 Å². The van der Waals surface area contributed by atoms with Crippen LogP contribution < -0.4 is 20.5 Å². The summed E-state index contributed by atoms with van der Waals surface area (Å²) in [6, 6.07) is 7.84. The van der Waals surface area contributed by atoms with E-state index in [-0.39, 0.29) is 48.1 Å². The number of esters is 2. The number of nitrogens with two attached hydrogens (primary N) is 1. The summed E-state index contributed by atoms with van der Waals surface area (Å²) in [6.45, 7) is 1.49. The van der Waals surface area contributed by atoms with Crippen molar-refractivity contribution in [3.8, 4) is 0 Å². The van der Waals surface area contributed by atoms with Crippen molar-refractivity contribution in [2.24, 2.45) is 5.73 Å². The highest BCUT2D eigenvalue weighted by Crippen LogP contribution is 2.41. The first kappa shape index (κ1) is 26.6. The van der Waals surface area contributed by atoms with Crippen LogP contribution in [0.15, 0.2) is 46.8 Å². The Morgan fingerprint density at radius 2 is 1.73 bits per heavy atom. The van der Waals surface area contributed by atoms with Gasteiger partial charge in [-0.2, -0.15) is 0 Å². The normalized spacial score (nSPS) is 15.6. The highest BCUT2D eigenvalue weighted by atomic mass is 35.5. The molecule has 37 heavy (non-hydrogen) atoms. The minimum atomic E-state index is -1.47. The van der Waals surface area contributed by atoms with Gasteiger partial charge in [0.05, 0.1) is 40.3 Å². The number of methoxy groups -OCH3 is 1. The van der Waals surface area contributed by atoms with Gasteiger partial charge in [0.1, 0.15) is 22.1 Å². The van der Waals surface area contributed by atoms with E-state index in [9.17, 15) is 18.8 Å². The molecule has 12 heteroatoms. The van der Waals surface area contributed by atoms with Crippen molar-refractivity contribution >= 4 is 63.9 Å². The molecule has 0 saturated heterocycles. The number of carbonyl (C=O) groups is 2. The van der Waals surface area contributed by atoms with E-state index in [1.54, 1.807) is 6.92 Å². The summed E-state index contributed by atoms with van der Waals surface area (Å²) in [5.41, 5.74) is 4.59. The van der Waals surface area contributed by atoms with Crippen LogP contribution in [0.2, 0.25) is 10.0 Å². The Labute approximate surface area is 222 Å². The highest BCUT2D eigenvalue weighted by Gasteiger charge is 2.41. The average Bonchev–Trinajstić information content (AvgIpc) is 3.17. The maximum absolute atomic E-state index is 15.2. The minimum absolute atomic E-state index is 0.0418. The lowest BCUT2D eigenvalue weighted by molar-refractivity contribution is -0.136. The molecule has 3 aromatic rings. The van der Waals surface area contributed by atoms with Crippen molar-refractivity contribution in [3.05, 3.63) is 94.3 Å². The van der Waals surface area contributed by atoms with E-state index in [1.807, 2.05) is 0 Å². The molecule has 1 aliphatic rings. The highest BCUT2D eigenvalue weighted by molar-refractivity contribution is 7.07. The van der Waals surface area contributed by atoms with Gasteiger partial charge in [0.25, 0.3) is 5.56 Å². The smallest absolute Gasteiger partial charge is 0.338 e. The molecular weight excluding hydrogens is 549 g/mol. The molecule has 0 amide bonds. The Morgan fingerprint density at radius 3 is 2.32 bits per heavy atom. The number of nitrogens with zero attached hydrogens (tertiary/aromatic N) is 1. The van der Waals surface area contributed by atoms with E-state index in [2.05, 4.69) is 0 Å². The quantitative estimate of drug-likeness (QED) is 0.476. The van der Waals surface area contributed by atoms with Gasteiger partial charge in [-0.3, -0.25) is 9.36 Å². The zero-order valence-corrected chi connectivity index (χ0v) is 21.6. The molecule has 2 aromatic carbocycles. The molecule has 2 N–H and O–H groups in total. The molecular formula is C25H18Cl2F2N2O5S. The number of halogens is 4. The van der Waals surface area contributed by atoms with Gasteiger partial charge < -0.3 is 15.2 Å². The lowest BCUT2D eigenvalue weighted by Crippen LogP contribution is -2.42. The lowest BCUT2D eigenvalue weighted by atomic mass is 9.83. The Kier molecular flexibility index (Phi) is 7.54. The maximum Gasteiger partial charge on any atom is 0.338 e. The molecule has 7 nitrogen and oxygen atoms in total. The van der Waals surface area contributed by atoms with E-state index >= 15 is 4.39 Å². The van der Waals surface area contributed by atoms with Gasteiger partial charge in [-0.05, 0) is 37.3 Å². The van der Waals surface area contributed by atoms with Crippen LogP contribution in [0.25, 0.3) is 17.5 Å². The molecule has 192 valence electrons. The summed E-state index contributed by atoms with van der Waals surface area (Å²) in [6.07, 6.45) is 1.20. The molecule has 0 aliphatic carbocycles. The molecule has 4 rings (SSSR count). The lowest BCUT2D eigenvalue weighted by Gasteiger charge is -2.27. The Hall–Kier alpha value is -3.47. The molecule has 0 spiro atoms. The number of carbonyl (C=O) groups excluding carboxylic acids is 2. The van der Waals surface area contributed by atoms with Crippen LogP contribution in [-0.4, -0.2) is 30.2 Å². The van der Waals surface area contributed by atoms with Crippen LogP contribution >= 0.6 is 34.5 Å². The zero-order chi connectivity index (χ0) is 27.0. The molecule has 0 bridgehead atoms. The summed E-state index contributed by atoms with van der Waals surface area (Å²) >= 11 is 13.2. The van der Waals surface area contributed by atoms with Crippen LogP contribution in [-0.2, 0) is 19.1 Å². The van der Waals surface area contributed by atoms with Crippen molar-refractivity contribution in [2.75, 3.05) is 13.7 Å². The third-order valence-corrected chi connectivity index (χ3v) is 7.38. The molecule has 0 radical (unpaired) electrons. The standard InChI is InChI=1S/C25H18Cl2F2N2O5S/c1-3-36-25(34)20-18(17-13(27)7-5-9-15(17)29)19(24(33)35-2)21(30)31-22(32)16(37-23(20)31)10-11-12(26)6-4-8-14(11)28/h4-10,18H,3,30H2,1-2H3/b16-10-. The van der Waals surface area contributed by atoms with Crippen LogP contribution in [0, 0.1) is 11.6 Å². The van der Waals surface area contributed by atoms with Crippen molar-refractivity contribution in [2.45, 2.75) is 12.8 Å². The number of thiazole rings is 1. The van der Waals surface area contributed by atoms with Gasteiger partial charge in [0, 0.05) is 16.1 Å². The molecule has 1 aliphatic heterocycles. The number of ether oxygens (including phenoxy) is 2. The number of fused-ring (bicyclic) bond motifs is 1. The Morgan fingerprint density at radius 1 is 1.08 bits per heavy atom. The minimum Gasteiger partial charge on any atom is -0.466 e. The third kappa shape index (κ3) is 4.56. The summed E-state index contributed by atoms with van der Waals surface area (Å²) in [7, 11) is 1.07. The summed E-state index contributed by atoms with van der Waals surface area (Å²) in [5, 5.41) is -0.0570. The molecule has 1 atom stereocenters. The maximum atomic E-state index is 15.2. The molecule has 1 unspecified atom stereocenters. The van der Waals surface area contributed by atoms with Crippen LogP contribution in [0.5, 0.6) is 0 Å². The molecule has 0 saturated carbocycles. The first-order valence-electron chi connectivity index (χ1n) is 10.7. The number of rotatable bonds is 5. The number of hydrogen-bond acceptors (Lipinski definition) is 7. The fraction of sp³-hybridized carbons (Fsp3) is 0.160. The number of hydrogen-bond donors (Lipinski definition) is 1. The average molecular weight is 567 g/mol. The van der Waals surface area contributed by atoms with Crippen molar-refractivity contribution in [1.29, 1.82) is 0 Å². The largest absolute Gasteiger partial charge is 0.466 e. The third-order valence-electron chi connectivity index (χ3n) is 5.61. The summed E-state index contributed by atoms with van der Waals surface area (Å²) in [4.78, 5) is 39.7.